The molecule has 0 heterocycles. The fraction of sp³-hybridized carbons (Fsp3) is 0. The van der Waals surface area contributed by atoms with E-state index in [2.05, 4.69) is 2.84 Å². The average Bonchev–Trinajstić information content (AvgIpc) is 1.14. The molecule has 11 heavy (non-hydrogen) atoms. The first-order valence-corrected chi connectivity index (χ1v) is 5.50. The van der Waals surface area contributed by atoms with Gasteiger partial charge in [-0.3, -0.25) is 0 Å². The Morgan fingerprint density at radius 3 is 1.09 bits per heavy atom. The Hall–Kier alpha value is 1.74. The van der Waals surface area contributed by atoms with Crippen LogP contribution < -0.4 is 65.9 Å². The van der Waals surface area contributed by atoms with E-state index in [1.165, 1.54) is 0 Å². The van der Waals surface area contributed by atoms with Crippen molar-refractivity contribution in [2.45, 2.75) is 0 Å². The number of rotatable bonds is 2. The number of hydrogen-bond donors (Lipinski definition) is 1. The second kappa shape index (κ2) is 6.23. The Morgan fingerprint density at radius 2 is 1.09 bits per heavy atom. The topological polar surface area (TPSA) is 160 Å². The summed E-state index contributed by atoms with van der Waals surface area (Å²) in [5.41, 5.74) is 0. The van der Waals surface area contributed by atoms with Crippen molar-refractivity contribution in [3.63, 3.8) is 0 Å². The van der Waals surface area contributed by atoms with Crippen molar-refractivity contribution in [1.29, 1.82) is 0 Å². The van der Waals surface area contributed by atoms with Gasteiger partial charge in [-0.05, 0) is 0 Å². The van der Waals surface area contributed by atoms with Gasteiger partial charge in [0.15, 0.2) is 0 Å². The van der Waals surface area contributed by atoms with Crippen molar-refractivity contribution in [2.75, 3.05) is 0 Å². The maximum atomic E-state index is 9.38. The molecule has 11 heteroatoms. The molecule has 0 aromatic heterocycles. The molecular weight excluding hydrogens is 269 g/mol. The van der Waals surface area contributed by atoms with Gasteiger partial charge in [-0.2, -0.15) is 0 Å². The molecule has 0 unspecified atom stereocenters. The van der Waals surface area contributed by atoms with E-state index in [9.17, 15) is 23.5 Å². The molecule has 0 amide bonds. The molecule has 0 bridgehead atoms. The summed E-state index contributed by atoms with van der Waals surface area (Å²) in [5.74, 6) is 0. The number of quaternary nitrogens is 1. The van der Waals surface area contributed by atoms with Crippen LogP contribution in [0.25, 0.3) is 0 Å². The van der Waals surface area contributed by atoms with Gasteiger partial charge in [0.2, 0.25) is 0 Å². The molecule has 0 atom stereocenters. The summed E-state index contributed by atoms with van der Waals surface area (Å²) in [5, 5.41) is 0. The molecule has 0 saturated carbocycles. The van der Waals surface area contributed by atoms with Crippen LogP contribution in [0.3, 0.4) is 0 Å². The van der Waals surface area contributed by atoms with Gasteiger partial charge < -0.3 is 6.15 Å². The van der Waals surface area contributed by atoms with Crippen LogP contribution in [0.4, 0.5) is 0 Å². The van der Waals surface area contributed by atoms with Crippen molar-refractivity contribution in [3.8, 4) is 0 Å². The van der Waals surface area contributed by atoms with Gasteiger partial charge in [-0.25, -0.2) is 0 Å². The monoisotopic (exact) mass is 273 g/mol. The number of hydrogen-bond acceptors (Lipinski definition) is 7. The second-order valence-electron chi connectivity index (χ2n) is 0.885. The van der Waals surface area contributed by atoms with E-state index in [-0.39, 0.29) is 57.5 Å². The molecule has 64 valence electrons. The first-order valence-electron chi connectivity index (χ1n) is 1.33. The first-order chi connectivity index (χ1) is 3.71. The van der Waals surface area contributed by atoms with Crippen LogP contribution in [0, 0.1) is 0 Å². The molecule has 0 aromatic rings. The molecule has 4 N–H and O–H groups in total. The third-order valence-corrected chi connectivity index (χ3v) is 2.83. The van der Waals surface area contributed by atoms with Gasteiger partial charge >= 0.3 is 105 Å². The van der Waals surface area contributed by atoms with Gasteiger partial charge in [0, 0.05) is 0 Å². The predicted octanol–water partition coefficient (Wildman–Crippen LogP) is -5.55. The zero-order chi connectivity index (χ0) is 7.71. The van der Waals surface area contributed by atoms with E-state index in [1.54, 1.807) is 0 Å². The van der Waals surface area contributed by atoms with Gasteiger partial charge in [0.1, 0.15) is 0 Å². The molecule has 0 saturated heterocycles. The fourth-order valence-electron chi connectivity index (χ4n) is 0.102. The standard InChI is InChI=1S/2Cr.K.H3N.7O/h;;;1H3;;;;;;;/q;;+1;;;;;;;2*-1/p+1. The summed E-state index contributed by atoms with van der Waals surface area (Å²) < 4.78 is 58.9. The Bertz CT molecular complexity index is 242. The van der Waals surface area contributed by atoms with Crippen molar-refractivity contribution < 1.29 is 105 Å². The quantitative estimate of drug-likeness (QED) is 0.490. The summed E-state index contributed by atoms with van der Waals surface area (Å²) >= 11 is -12.1. The van der Waals surface area contributed by atoms with Gasteiger partial charge in [-0.1, -0.05) is 0 Å². The van der Waals surface area contributed by atoms with Crippen LogP contribution in [-0.2, 0) is 45.3 Å². The van der Waals surface area contributed by atoms with Crippen molar-refractivity contribution >= 4 is 0 Å². The van der Waals surface area contributed by atoms with E-state index in [1.807, 2.05) is 0 Å². The predicted molar refractivity (Wildman–Crippen MR) is 9.82 cm³/mol. The van der Waals surface area contributed by atoms with Crippen LogP contribution >= 0.6 is 0 Å². The molecule has 0 aliphatic rings. The zero-order valence-electron chi connectivity index (χ0n) is 5.67. The van der Waals surface area contributed by atoms with Crippen LogP contribution in [0.5, 0.6) is 0 Å². The molecule has 0 spiro atoms. The molecule has 8 nitrogen and oxygen atoms in total. The minimum atomic E-state index is -6.07. The van der Waals surface area contributed by atoms with Crippen molar-refractivity contribution in [3.05, 3.63) is 0 Å². The Kier molecular flexibility index (Phi) is 10.5. The normalized spacial score (nSPS) is 11.1. The Balaban J connectivity index is -0.000000320. The summed E-state index contributed by atoms with van der Waals surface area (Å²) in [6.45, 7) is 0. The van der Waals surface area contributed by atoms with Crippen LogP contribution in [-0.4, -0.2) is 0 Å². The Morgan fingerprint density at radius 1 is 0.909 bits per heavy atom. The van der Waals surface area contributed by atoms with Crippen LogP contribution in [0.1, 0.15) is 0 Å². The summed E-state index contributed by atoms with van der Waals surface area (Å²) in [6.07, 6.45) is 0. The first kappa shape index (κ1) is 18.5. The molecule has 0 aliphatic carbocycles. The van der Waals surface area contributed by atoms with Gasteiger partial charge in [0.25, 0.3) is 0 Å². The summed E-state index contributed by atoms with van der Waals surface area (Å²) in [4.78, 5) is 0. The molecular formula is H4Cr2KNO7. The molecule has 0 rings (SSSR count). The minimum absolute atomic E-state index is 0. The molecule has 0 aromatic carbocycles. The molecule has 0 aliphatic heterocycles. The van der Waals surface area contributed by atoms with E-state index in [0.29, 0.717) is 0 Å². The fourth-order valence-corrected chi connectivity index (χ4v) is 1.74. The molecule has 0 fully saturated rings. The zero-order valence-corrected chi connectivity index (χ0v) is 11.3. The average molecular weight is 273 g/mol. The third-order valence-electron chi connectivity index (χ3n) is 0.167. The van der Waals surface area contributed by atoms with E-state index in [0.717, 1.165) is 0 Å². The van der Waals surface area contributed by atoms with Crippen molar-refractivity contribution in [1.82, 2.24) is 6.15 Å². The summed E-state index contributed by atoms with van der Waals surface area (Å²) in [6, 6.07) is 0. The second-order valence-corrected chi connectivity index (χ2v) is 4.52. The SMILES string of the molecule is [K+].[NH4+].[O]=[Cr](=[O])([O-])[O][Cr](=[O])(=[O])[O-]. The van der Waals surface area contributed by atoms with E-state index in [4.69, 9.17) is 0 Å². The molecule has 0 radical (unpaired) electrons. The van der Waals surface area contributed by atoms with Gasteiger partial charge in [0.05, 0.1) is 0 Å². The third kappa shape index (κ3) is 18.6. The van der Waals surface area contributed by atoms with Crippen LogP contribution in [0.15, 0.2) is 0 Å². The Labute approximate surface area is 109 Å². The maximum absolute atomic E-state index is 9.38. The van der Waals surface area contributed by atoms with E-state index >= 15 is 0 Å². The van der Waals surface area contributed by atoms with E-state index < -0.39 is 27.2 Å². The summed E-state index contributed by atoms with van der Waals surface area (Å²) in [7, 11) is 0. The van der Waals surface area contributed by atoms with Crippen molar-refractivity contribution in [2.24, 2.45) is 0 Å². The van der Waals surface area contributed by atoms with Gasteiger partial charge in [-0.15, -0.1) is 0 Å². The van der Waals surface area contributed by atoms with Crippen LogP contribution in [0.2, 0.25) is 0 Å².